The zero-order chi connectivity index (χ0) is 15.0. The first-order valence-corrected chi connectivity index (χ1v) is 8.82. The van der Waals surface area contributed by atoms with Crippen LogP contribution in [0.1, 0.15) is 12.0 Å². The van der Waals surface area contributed by atoms with Crippen LogP contribution in [-0.4, -0.2) is 80.1 Å². The second-order valence-electron chi connectivity index (χ2n) is 6.55. The molecule has 2 fully saturated rings. The molecule has 0 aromatic heterocycles. The average Bonchev–Trinajstić information content (AvgIpc) is 2.84. The topological polar surface area (TPSA) is 21.8 Å². The summed E-state index contributed by atoms with van der Waals surface area (Å²) in [4.78, 5) is 7.85. The van der Waals surface area contributed by atoms with E-state index in [-0.39, 0.29) is 0 Å². The molecule has 22 heavy (non-hydrogen) atoms. The summed E-state index contributed by atoms with van der Waals surface area (Å²) in [5, 5.41) is 3.48. The Morgan fingerprint density at radius 2 is 1.41 bits per heavy atom. The van der Waals surface area contributed by atoms with Gasteiger partial charge in [-0.2, -0.15) is 0 Å². The molecule has 1 aromatic rings. The van der Waals surface area contributed by atoms with Crippen molar-refractivity contribution >= 4 is 0 Å². The molecule has 1 aromatic carbocycles. The monoisotopic (exact) mass is 302 g/mol. The van der Waals surface area contributed by atoms with Crippen LogP contribution in [0.2, 0.25) is 0 Å². The molecule has 0 radical (unpaired) electrons. The number of hydrogen-bond acceptors (Lipinski definition) is 4. The standard InChI is InChI=1S/C18H30N4/c1-2-5-18(6-3-1)17-22-15-13-21(14-16-22)12-11-20-9-4-7-19-8-10-20/h1-3,5-6,19H,4,7-17H2. The van der Waals surface area contributed by atoms with Crippen LogP contribution in [0.5, 0.6) is 0 Å². The van der Waals surface area contributed by atoms with E-state index >= 15 is 0 Å². The maximum Gasteiger partial charge on any atom is 0.0234 e. The number of piperazine rings is 1. The van der Waals surface area contributed by atoms with E-state index < -0.39 is 0 Å². The van der Waals surface area contributed by atoms with Gasteiger partial charge in [0.25, 0.3) is 0 Å². The van der Waals surface area contributed by atoms with Crippen LogP contribution in [0.15, 0.2) is 30.3 Å². The molecule has 0 spiro atoms. The smallest absolute Gasteiger partial charge is 0.0234 e. The van der Waals surface area contributed by atoms with E-state index in [0.29, 0.717) is 0 Å². The van der Waals surface area contributed by atoms with E-state index in [9.17, 15) is 0 Å². The summed E-state index contributed by atoms with van der Waals surface area (Å²) >= 11 is 0. The molecule has 4 heteroatoms. The summed E-state index contributed by atoms with van der Waals surface area (Å²) in [7, 11) is 0. The number of nitrogens with zero attached hydrogens (tertiary/aromatic N) is 3. The molecule has 0 bridgehead atoms. The van der Waals surface area contributed by atoms with Crippen LogP contribution in [0.4, 0.5) is 0 Å². The van der Waals surface area contributed by atoms with Crippen molar-refractivity contribution in [1.82, 2.24) is 20.0 Å². The van der Waals surface area contributed by atoms with Gasteiger partial charge in [-0.25, -0.2) is 0 Å². The van der Waals surface area contributed by atoms with Crippen molar-refractivity contribution < 1.29 is 0 Å². The molecule has 2 heterocycles. The van der Waals surface area contributed by atoms with Crippen LogP contribution in [0.25, 0.3) is 0 Å². The molecule has 3 rings (SSSR count). The Hall–Kier alpha value is -0.940. The molecule has 0 atom stereocenters. The summed E-state index contributed by atoms with van der Waals surface area (Å²) in [6.07, 6.45) is 1.30. The lowest BCUT2D eigenvalue weighted by atomic mass is 10.2. The van der Waals surface area contributed by atoms with Gasteiger partial charge in [-0.1, -0.05) is 30.3 Å². The third-order valence-electron chi connectivity index (χ3n) is 4.88. The molecule has 2 saturated heterocycles. The van der Waals surface area contributed by atoms with Crippen LogP contribution in [-0.2, 0) is 6.54 Å². The Bertz CT molecular complexity index is 406. The molecule has 0 amide bonds. The van der Waals surface area contributed by atoms with Crippen molar-refractivity contribution in [2.24, 2.45) is 0 Å². The van der Waals surface area contributed by atoms with Crippen LogP contribution < -0.4 is 5.32 Å². The zero-order valence-electron chi connectivity index (χ0n) is 13.7. The van der Waals surface area contributed by atoms with Gasteiger partial charge in [0, 0.05) is 58.9 Å². The molecular formula is C18H30N4. The number of rotatable bonds is 5. The largest absolute Gasteiger partial charge is 0.315 e. The molecule has 2 aliphatic rings. The molecule has 0 saturated carbocycles. The van der Waals surface area contributed by atoms with E-state index in [1.54, 1.807) is 0 Å². The normalized spacial score (nSPS) is 22.5. The molecule has 4 nitrogen and oxygen atoms in total. The molecular weight excluding hydrogens is 272 g/mol. The van der Waals surface area contributed by atoms with Crippen molar-refractivity contribution in [3.8, 4) is 0 Å². The first-order chi connectivity index (χ1) is 10.9. The van der Waals surface area contributed by atoms with Gasteiger partial charge in [0.2, 0.25) is 0 Å². The van der Waals surface area contributed by atoms with Crippen molar-refractivity contribution in [1.29, 1.82) is 0 Å². The van der Waals surface area contributed by atoms with Crippen molar-refractivity contribution in [3.05, 3.63) is 35.9 Å². The Balaban J connectivity index is 1.35. The van der Waals surface area contributed by atoms with E-state index in [2.05, 4.69) is 50.3 Å². The zero-order valence-corrected chi connectivity index (χ0v) is 13.7. The lowest BCUT2D eigenvalue weighted by molar-refractivity contribution is 0.115. The lowest BCUT2D eigenvalue weighted by Gasteiger charge is -2.35. The van der Waals surface area contributed by atoms with Crippen molar-refractivity contribution in [3.63, 3.8) is 0 Å². The van der Waals surface area contributed by atoms with Crippen molar-refractivity contribution in [2.75, 3.05) is 65.4 Å². The third kappa shape index (κ3) is 5.06. The highest BCUT2D eigenvalue weighted by Gasteiger charge is 2.17. The summed E-state index contributed by atoms with van der Waals surface area (Å²) in [5.41, 5.74) is 1.44. The van der Waals surface area contributed by atoms with Crippen LogP contribution >= 0.6 is 0 Å². The minimum absolute atomic E-state index is 1.10. The van der Waals surface area contributed by atoms with E-state index in [0.717, 1.165) is 13.1 Å². The Morgan fingerprint density at radius 1 is 0.727 bits per heavy atom. The Morgan fingerprint density at radius 3 is 2.18 bits per heavy atom. The first kappa shape index (κ1) is 15.9. The highest BCUT2D eigenvalue weighted by atomic mass is 15.3. The molecule has 2 aliphatic heterocycles. The molecule has 0 unspecified atom stereocenters. The first-order valence-electron chi connectivity index (χ1n) is 8.82. The maximum atomic E-state index is 3.48. The van der Waals surface area contributed by atoms with Gasteiger partial charge < -0.3 is 10.2 Å². The summed E-state index contributed by atoms with van der Waals surface area (Å²) in [5.74, 6) is 0. The van der Waals surface area contributed by atoms with Gasteiger partial charge in [-0.05, 0) is 25.1 Å². The van der Waals surface area contributed by atoms with E-state index in [4.69, 9.17) is 0 Å². The fourth-order valence-corrected chi connectivity index (χ4v) is 3.42. The van der Waals surface area contributed by atoms with Gasteiger partial charge in [0.1, 0.15) is 0 Å². The number of nitrogens with one attached hydrogen (secondary N) is 1. The highest BCUT2D eigenvalue weighted by molar-refractivity contribution is 5.14. The molecule has 122 valence electrons. The minimum Gasteiger partial charge on any atom is -0.315 e. The van der Waals surface area contributed by atoms with Gasteiger partial charge in [0.05, 0.1) is 0 Å². The predicted octanol–water partition coefficient (Wildman–Crippen LogP) is 1.10. The second-order valence-corrected chi connectivity index (χ2v) is 6.55. The fraction of sp³-hybridized carbons (Fsp3) is 0.667. The lowest BCUT2D eigenvalue weighted by Crippen LogP contribution is -2.48. The average molecular weight is 302 g/mol. The molecule has 0 aliphatic carbocycles. The van der Waals surface area contributed by atoms with Gasteiger partial charge in [0.15, 0.2) is 0 Å². The highest BCUT2D eigenvalue weighted by Crippen LogP contribution is 2.08. The predicted molar refractivity (Wildman–Crippen MR) is 92.1 cm³/mol. The minimum atomic E-state index is 1.10. The van der Waals surface area contributed by atoms with E-state index in [1.165, 1.54) is 70.9 Å². The SMILES string of the molecule is c1ccc(CN2CCN(CCN3CCCNCC3)CC2)cc1. The summed E-state index contributed by atoms with van der Waals surface area (Å²) in [6, 6.07) is 10.8. The van der Waals surface area contributed by atoms with Crippen molar-refractivity contribution in [2.45, 2.75) is 13.0 Å². The van der Waals surface area contributed by atoms with Gasteiger partial charge >= 0.3 is 0 Å². The van der Waals surface area contributed by atoms with Crippen LogP contribution in [0, 0.1) is 0 Å². The van der Waals surface area contributed by atoms with Gasteiger partial charge in [-0.15, -0.1) is 0 Å². The Kier molecular flexibility index (Phi) is 6.25. The van der Waals surface area contributed by atoms with Gasteiger partial charge in [-0.3, -0.25) is 9.80 Å². The molecule has 1 N–H and O–H groups in total. The third-order valence-corrected chi connectivity index (χ3v) is 4.88. The number of benzene rings is 1. The summed E-state index contributed by atoms with van der Waals surface area (Å²) in [6.45, 7) is 13.3. The number of hydrogen-bond donors (Lipinski definition) is 1. The van der Waals surface area contributed by atoms with E-state index in [1.807, 2.05) is 0 Å². The fourth-order valence-electron chi connectivity index (χ4n) is 3.42. The Labute approximate surface area is 135 Å². The van der Waals surface area contributed by atoms with Crippen LogP contribution in [0.3, 0.4) is 0 Å². The maximum absolute atomic E-state index is 3.48. The quantitative estimate of drug-likeness (QED) is 0.879. The summed E-state index contributed by atoms with van der Waals surface area (Å²) < 4.78 is 0. The second kappa shape index (κ2) is 8.63.